The van der Waals surface area contributed by atoms with E-state index in [9.17, 15) is 0 Å². The van der Waals surface area contributed by atoms with Gasteiger partial charge < -0.3 is 4.74 Å². The van der Waals surface area contributed by atoms with Crippen LogP contribution in [0.15, 0.2) is 0 Å². The largest absolute Gasteiger partial charge is 0.377 e. The molecule has 0 N–H and O–H groups in total. The maximum absolute atomic E-state index is 5.71. The molecule has 2 heterocycles. The summed E-state index contributed by atoms with van der Waals surface area (Å²) < 4.78 is 5.71. The highest BCUT2D eigenvalue weighted by atomic mass is 79.9. The Morgan fingerprint density at radius 3 is 2.76 bits per heavy atom. The topological polar surface area (TPSA) is 56.1 Å². The molecule has 1 aromatic rings. The first kappa shape index (κ1) is 12.9. The molecule has 1 aromatic heterocycles. The van der Waals surface area contributed by atoms with Crippen LogP contribution in [0.2, 0.25) is 0 Å². The standard InChI is InChI=1S/C10H18BrN5O/c1-15-13-10(12-14-15)8-16-5-2-9(3-6-16)17-7-4-11/h9H,2-8H2,1H3. The second kappa shape index (κ2) is 6.42. The van der Waals surface area contributed by atoms with Gasteiger partial charge in [-0.25, -0.2) is 0 Å². The zero-order valence-electron chi connectivity index (χ0n) is 10.0. The van der Waals surface area contributed by atoms with Crippen LogP contribution in [0.1, 0.15) is 18.7 Å². The average Bonchev–Trinajstić information content (AvgIpc) is 2.74. The molecule has 0 saturated carbocycles. The van der Waals surface area contributed by atoms with E-state index in [2.05, 4.69) is 36.2 Å². The minimum Gasteiger partial charge on any atom is -0.377 e. The molecule has 0 spiro atoms. The molecule has 1 aliphatic heterocycles. The summed E-state index contributed by atoms with van der Waals surface area (Å²) in [4.78, 5) is 3.85. The van der Waals surface area contributed by atoms with Crippen LogP contribution >= 0.6 is 15.9 Å². The van der Waals surface area contributed by atoms with Gasteiger partial charge in [-0.2, -0.15) is 4.80 Å². The van der Waals surface area contributed by atoms with E-state index in [1.807, 2.05) is 0 Å². The number of likely N-dealkylation sites (tertiary alicyclic amines) is 1. The summed E-state index contributed by atoms with van der Waals surface area (Å²) in [5, 5.41) is 12.9. The minimum absolute atomic E-state index is 0.415. The Labute approximate surface area is 109 Å². The predicted molar refractivity (Wildman–Crippen MR) is 66.8 cm³/mol. The molecule has 0 aromatic carbocycles. The lowest BCUT2D eigenvalue weighted by atomic mass is 10.1. The summed E-state index contributed by atoms with van der Waals surface area (Å²) in [7, 11) is 1.79. The van der Waals surface area contributed by atoms with Crippen LogP contribution < -0.4 is 0 Å². The van der Waals surface area contributed by atoms with Crippen molar-refractivity contribution in [1.29, 1.82) is 0 Å². The molecule has 0 atom stereocenters. The number of hydrogen-bond acceptors (Lipinski definition) is 5. The first-order valence-electron chi connectivity index (χ1n) is 5.90. The summed E-state index contributed by atoms with van der Waals surface area (Å²) in [5.41, 5.74) is 0. The lowest BCUT2D eigenvalue weighted by Crippen LogP contribution is -2.37. The Bertz CT molecular complexity index is 337. The molecule has 0 amide bonds. The van der Waals surface area contributed by atoms with Crippen molar-refractivity contribution in [2.24, 2.45) is 7.05 Å². The zero-order valence-corrected chi connectivity index (χ0v) is 11.6. The number of nitrogens with zero attached hydrogens (tertiary/aromatic N) is 5. The van der Waals surface area contributed by atoms with Crippen molar-refractivity contribution >= 4 is 15.9 Å². The smallest absolute Gasteiger partial charge is 0.188 e. The fourth-order valence-corrected chi connectivity index (χ4v) is 2.22. The lowest BCUT2D eigenvalue weighted by molar-refractivity contribution is 0.0136. The monoisotopic (exact) mass is 303 g/mol. The average molecular weight is 304 g/mol. The molecule has 1 fully saturated rings. The number of tetrazole rings is 1. The van der Waals surface area contributed by atoms with E-state index in [1.165, 1.54) is 4.80 Å². The minimum atomic E-state index is 0.415. The molecule has 17 heavy (non-hydrogen) atoms. The second-order valence-corrected chi connectivity index (χ2v) is 5.02. The van der Waals surface area contributed by atoms with E-state index in [0.29, 0.717) is 6.10 Å². The second-order valence-electron chi connectivity index (χ2n) is 4.23. The number of halogens is 1. The van der Waals surface area contributed by atoms with Gasteiger partial charge in [-0.3, -0.25) is 4.90 Å². The Morgan fingerprint density at radius 1 is 1.41 bits per heavy atom. The fraction of sp³-hybridized carbons (Fsp3) is 0.900. The van der Waals surface area contributed by atoms with Gasteiger partial charge in [0.2, 0.25) is 0 Å². The van der Waals surface area contributed by atoms with Gasteiger partial charge >= 0.3 is 0 Å². The molecular formula is C10H18BrN5O. The van der Waals surface area contributed by atoms with Crippen molar-refractivity contribution in [3.63, 3.8) is 0 Å². The van der Waals surface area contributed by atoms with E-state index < -0.39 is 0 Å². The van der Waals surface area contributed by atoms with Crippen LogP contribution in [-0.4, -0.2) is 56.2 Å². The van der Waals surface area contributed by atoms with Gasteiger partial charge in [-0.15, -0.1) is 10.2 Å². The SMILES string of the molecule is Cn1nnc(CN2CCC(OCCBr)CC2)n1. The van der Waals surface area contributed by atoms with Crippen molar-refractivity contribution in [3.05, 3.63) is 5.82 Å². The van der Waals surface area contributed by atoms with Gasteiger partial charge in [-0.05, 0) is 18.1 Å². The molecule has 0 radical (unpaired) electrons. The van der Waals surface area contributed by atoms with E-state index >= 15 is 0 Å². The maximum atomic E-state index is 5.71. The van der Waals surface area contributed by atoms with Crippen LogP contribution in [0, 0.1) is 0 Å². The number of hydrogen-bond donors (Lipinski definition) is 0. The zero-order chi connectivity index (χ0) is 12.1. The third kappa shape index (κ3) is 4.01. The Balaban J connectivity index is 1.72. The van der Waals surface area contributed by atoms with Gasteiger partial charge in [0.05, 0.1) is 26.3 Å². The normalized spacial score (nSPS) is 18.7. The molecular weight excluding hydrogens is 286 g/mol. The van der Waals surface area contributed by atoms with Crippen molar-refractivity contribution in [1.82, 2.24) is 25.1 Å². The van der Waals surface area contributed by atoms with Crippen LogP contribution in [0.25, 0.3) is 0 Å². The summed E-state index contributed by atoms with van der Waals surface area (Å²) in [5.74, 6) is 0.798. The number of aromatic nitrogens is 4. The molecule has 6 nitrogen and oxygen atoms in total. The lowest BCUT2D eigenvalue weighted by Gasteiger charge is -2.30. The van der Waals surface area contributed by atoms with Crippen LogP contribution in [0.3, 0.4) is 0 Å². The highest BCUT2D eigenvalue weighted by molar-refractivity contribution is 9.09. The highest BCUT2D eigenvalue weighted by Gasteiger charge is 2.20. The number of rotatable bonds is 5. The molecule has 0 bridgehead atoms. The third-order valence-corrected chi connectivity index (χ3v) is 3.20. The van der Waals surface area contributed by atoms with E-state index in [4.69, 9.17) is 4.74 Å². The Kier molecular flexibility index (Phi) is 4.87. The highest BCUT2D eigenvalue weighted by Crippen LogP contribution is 2.15. The summed E-state index contributed by atoms with van der Waals surface area (Å²) >= 11 is 3.37. The summed E-state index contributed by atoms with van der Waals surface area (Å²) in [6, 6.07) is 0. The van der Waals surface area contributed by atoms with Crippen LogP contribution in [-0.2, 0) is 18.3 Å². The molecule has 0 aliphatic carbocycles. The summed E-state index contributed by atoms with van der Waals surface area (Å²) in [6.45, 7) is 3.69. The van der Waals surface area contributed by atoms with Gasteiger partial charge in [0, 0.05) is 18.4 Å². The van der Waals surface area contributed by atoms with Crippen LogP contribution in [0.4, 0.5) is 0 Å². The van der Waals surface area contributed by atoms with E-state index in [0.717, 1.165) is 50.2 Å². The summed E-state index contributed by atoms with van der Waals surface area (Å²) in [6.07, 6.45) is 2.60. The Hall–Kier alpha value is -0.530. The molecule has 1 saturated heterocycles. The molecule has 1 aliphatic rings. The number of alkyl halides is 1. The van der Waals surface area contributed by atoms with E-state index in [1.54, 1.807) is 7.05 Å². The molecule has 0 unspecified atom stereocenters. The van der Waals surface area contributed by atoms with Crippen molar-refractivity contribution in [2.75, 3.05) is 25.0 Å². The predicted octanol–water partition coefficient (Wildman–Crippen LogP) is 0.586. The fourth-order valence-electron chi connectivity index (χ4n) is 2.03. The van der Waals surface area contributed by atoms with Gasteiger partial charge in [0.25, 0.3) is 0 Å². The number of aryl methyl sites for hydroxylation is 1. The Morgan fingerprint density at radius 2 is 2.18 bits per heavy atom. The van der Waals surface area contributed by atoms with Crippen molar-refractivity contribution < 1.29 is 4.74 Å². The van der Waals surface area contributed by atoms with Gasteiger partial charge in [-0.1, -0.05) is 15.9 Å². The number of ether oxygens (including phenoxy) is 1. The molecule has 7 heteroatoms. The molecule has 96 valence electrons. The quantitative estimate of drug-likeness (QED) is 0.745. The number of piperidine rings is 1. The van der Waals surface area contributed by atoms with Gasteiger partial charge in [0.1, 0.15) is 0 Å². The molecule has 2 rings (SSSR count). The van der Waals surface area contributed by atoms with Crippen molar-refractivity contribution in [2.45, 2.75) is 25.5 Å². The maximum Gasteiger partial charge on any atom is 0.188 e. The first-order valence-corrected chi connectivity index (χ1v) is 7.03. The first-order chi connectivity index (χ1) is 8.28. The third-order valence-electron chi connectivity index (χ3n) is 2.88. The van der Waals surface area contributed by atoms with Crippen molar-refractivity contribution in [3.8, 4) is 0 Å². The van der Waals surface area contributed by atoms with Crippen LogP contribution in [0.5, 0.6) is 0 Å². The van der Waals surface area contributed by atoms with Gasteiger partial charge in [0.15, 0.2) is 5.82 Å². The van der Waals surface area contributed by atoms with E-state index in [-0.39, 0.29) is 0 Å².